The molecule has 0 aromatic carbocycles. The van der Waals surface area contributed by atoms with Crippen LogP contribution in [-0.4, -0.2) is 40.6 Å². The third-order valence-electron chi connectivity index (χ3n) is 0.889. The number of phosphoric acid groups is 1. The van der Waals surface area contributed by atoms with Gasteiger partial charge in [-0.05, 0) is 0 Å². The van der Waals surface area contributed by atoms with E-state index in [0.717, 1.165) is 0 Å². The summed E-state index contributed by atoms with van der Waals surface area (Å²) in [6.45, 7) is 0. The molecule has 0 radical (unpaired) electrons. The Balaban J connectivity index is 4.65. The number of carbonyl (C=O) groups excluding carboxylic acids is 1. The van der Waals surface area contributed by atoms with Gasteiger partial charge < -0.3 is 19.7 Å². The minimum absolute atomic E-state index is 1.50. The molecule has 11 heteroatoms. The van der Waals surface area contributed by atoms with E-state index in [-0.39, 0.29) is 0 Å². The molecule has 0 unspecified atom stereocenters. The molecule has 0 aliphatic carbocycles. The van der Waals surface area contributed by atoms with Gasteiger partial charge in [-0.1, -0.05) is 0 Å². The smallest absolute Gasteiger partial charge is 0.470 e. The second-order valence-corrected chi connectivity index (χ2v) is 4.84. The van der Waals surface area contributed by atoms with E-state index in [9.17, 15) is 22.9 Å². The van der Waals surface area contributed by atoms with Gasteiger partial charge in [-0.15, -0.1) is 0 Å². The number of aliphatic carboxylic acids is 1. The fraction of sp³-hybridized carbons (Fsp3) is 0.667. The van der Waals surface area contributed by atoms with E-state index in [2.05, 4.69) is 4.52 Å². The van der Waals surface area contributed by atoms with Crippen LogP contribution in [0.25, 0.3) is 0 Å². The first kappa shape index (κ1) is 13.5. The van der Waals surface area contributed by atoms with Crippen molar-refractivity contribution >= 4 is 23.9 Å². The summed E-state index contributed by atoms with van der Waals surface area (Å²) in [7, 11) is -9.89. The van der Waals surface area contributed by atoms with Crippen LogP contribution in [-0.2, 0) is 24.0 Å². The Hall–Kier alpha value is -0.510. The van der Waals surface area contributed by atoms with E-state index in [4.69, 9.17) is 14.3 Å². The van der Waals surface area contributed by atoms with Crippen molar-refractivity contribution < 1.29 is 41.7 Å². The summed E-state index contributed by atoms with van der Waals surface area (Å²) >= 11 is 0. The van der Waals surface area contributed by atoms with E-state index in [1.54, 1.807) is 0 Å². The van der Waals surface area contributed by atoms with Crippen LogP contribution in [0.15, 0.2) is 0 Å². The highest BCUT2D eigenvalue weighted by Crippen LogP contribution is 2.37. The van der Waals surface area contributed by atoms with Crippen molar-refractivity contribution in [2.75, 3.05) is 5.75 Å². The average Bonchev–Trinajstić information content (AvgIpc) is 1.78. The summed E-state index contributed by atoms with van der Waals surface area (Å²) in [6, 6.07) is 0. The largest absolute Gasteiger partial charge is 0.547 e. The lowest BCUT2D eigenvalue weighted by atomic mass is 10.4. The van der Waals surface area contributed by atoms with Crippen molar-refractivity contribution in [1.29, 1.82) is 0 Å². The van der Waals surface area contributed by atoms with Crippen molar-refractivity contribution in [3.8, 4) is 0 Å². The molecule has 0 heterocycles. The highest BCUT2D eigenvalue weighted by atomic mass is 32.2. The van der Waals surface area contributed by atoms with Gasteiger partial charge in [0.2, 0.25) is 0 Å². The number of phosphoric ester groups is 1. The zero-order valence-corrected chi connectivity index (χ0v) is 8.14. The van der Waals surface area contributed by atoms with Gasteiger partial charge in [0.1, 0.15) is 11.9 Å². The van der Waals surface area contributed by atoms with Gasteiger partial charge in [0.05, 0.1) is 5.97 Å². The molecule has 0 bridgehead atoms. The Labute approximate surface area is 78.3 Å². The van der Waals surface area contributed by atoms with Gasteiger partial charge in [0.25, 0.3) is 10.1 Å². The molecule has 0 aliphatic rings. The monoisotopic (exact) mass is 249 g/mol. The van der Waals surface area contributed by atoms with E-state index in [0.29, 0.717) is 0 Å². The molecule has 0 saturated carbocycles. The van der Waals surface area contributed by atoms with Gasteiger partial charge in [-0.25, -0.2) is 4.57 Å². The first-order valence-corrected chi connectivity index (χ1v) is 6.05. The fourth-order valence-electron chi connectivity index (χ4n) is 0.499. The maximum Gasteiger partial charge on any atom is 0.470 e. The predicted molar refractivity (Wildman–Crippen MR) is 38.3 cm³/mol. The standard InChI is InChI=1S/C3H7O9PS/c4-3(5)2(1-14(9,10)11)12-13(6,7)8/h2H,1H2,(H,4,5)(H2,6,7,8)(H,9,10,11)/p-1/t2-/m0/s1. The van der Waals surface area contributed by atoms with Crippen molar-refractivity contribution in [2.24, 2.45) is 0 Å². The molecule has 0 rings (SSSR count). The maximum atomic E-state index is 10.2. The molecule has 0 aromatic rings. The van der Waals surface area contributed by atoms with Crippen LogP contribution in [0.5, 0.6) is 0 Å². The Kier molecular flexibility index (Phi) is 4.18. The van der Waals surface area contributed by atoms with Crippen LogP contribution in [0.4, 0.5) is 0 Å². The third kappa shape index (κ3) is 6.95. The second kappa shape index (κ2) is 4.34. The molecule has 0 saturated heterocycles. The van der Waals surface area contributed by atoms with Crippen molar-refractivity contribution in [3.63, 3.8) is 0 Å². The normalized spacial score (nSPS) is 15.1. The van der Waals surface area contributed by atoms with E-state index in [1.165, 1.54) is 0 Å². The summed E-state index contributed by atoms with van der Waals surface area (Å²) < 4.78 is 42.2. The zero-order chi connectivity index (χ0) is 11.6. The number of hydrogen-bond donors (Lipinski definition) is 3. The van der Waals surface area contributed by atoms with Crippen molar-refractivity contribution in [3.05, 3.63) is 0 Å². The molecule has 9 nitrogen and oxygen atoms in total. The summed E-state index contributed by atoms with van der Waals surface area (Å²) in [5.41, 5.74) is 0. The predicted octanol–water partition coefficient (Wildman–Crippen LogP) is -2.90. The SMILES string of the molecule is O=C([O-])[C@H](CS(=O)(=O)O)OP(=O)(O)O. The molecule has 3 N–H and O–H groups in total. The van der Waals surface area contributed by atoms with Crippen LogP contribution in [0, 0.1) is 0 Å². The Morgan fingerprint density at radius 3 is 2.14 bits per heavy atom. The quantitative estimate of drug-likeness (QED) is 0.342. The topological polar surface area (TPSA) is 161 Å². The number of rotatable bonds is 5. The number of hydrogen-bond acceptors (Lipinski definition) is 6. The highest BCUT2D eigenvalue weighted by Gasteiger charge is 2.27. The molecular formula is C3H6O9PS-. The minimum atomic E-state index is -5.16. The first-order valence-electron chi connectivity index (χ1n) is 2.91. The first-order chi connectivity index (χ1) is 6.01. The molecule has 0 fully saturated rings. The van der Waals surface area contributed by atoms with Gasteiger partial charge in [-0.2, -0.15) is 8.42 Å². The Bertz CT molecular complexity index is 350. The third-order valence-corrected chi connectivity index (χ3v) is 2.14. The molecule has 0 aromatic heterocycles. The lowest BCUT2D eigenvalue weighted by Crippen LogP contribution is -2.41. The second-order valence-electron chi connectivity index (χ2n) is 2.15. The summed E-state index contributed by atoms with van der Waals surface area (Å²) in [4.78, 5) is 26.4. The van der Waals surface area contributed by atoms with E-state index >= 15 is 0 Å². The average molecular weight is 249 g/mol. The zero-order valence-electron chi connectivity index (χ0n) is 6.43. The minimum Gasteiger partial charge on any atom is -0.547 e. The maximum absolute atomic E-state index is 10.2. The summed E-state index contributed by atoms with van der Waals surface area (Å²) in [6.07, 6.45) is -2.43. The highest BCUT2D eigenvalue weighted by molar-refractivity contribution is 7.85. The molecule has 1 atom stereocenters. The lowest BCUT2D eigenvalue weighted by molar-refractivity contribution is -0.313. The number of carbonyl (C=O) groups is 1. The number of carboxylic acid groups (broad SMARTS) is 1. The summed E-state index contributed by atoms with van der Waals surface area (Å²) in [5.74, 6) is -3.66. The molecule has 0 aliphatic heterocycles. The van der Waals surface area contributed by atoms with Gasteiger partial charge in [-0.3, -0.25) is 9.08 Å². The van der Waals surface area contributed by atoms with Crippen molar-refractivity contribution in [1.82, 2.24) is 0 Å². The molecule has 14 heavy (non-hydrogen) atoms. The molecule has 0 amide bonds. The molecule has 84 valence electrons. The van der Waals surface area contributed by atoms with Crippen LogP contribution in [0.2, 0.25) is 0 Å². The fourth-order valence-corrected chi connectivity index (χ4v) is 1.68. The van der Waals surface area contributed by atoms with Gasteiger partial charge >= 0.3 is 7.82 Å². The van der Waals surface area contributed by atoms with E-state index in [1.807, 2.05) is 0 Å². The summed E-state index contributed by atoms with van der Waals surface area (Å²) in [5, 5.41) is 10.1. The van der Waals surface area contributed by atoms with Crippen molar-refractivity contribution in [2.45, 2.75) is 6.10 Å². The Morgan fingerprint density at radius 1 is 1.50 bits per heavy atom. The number of carboxylic acids is 1. The lowest BCUT2D eigenvalue weighted by Gasteiger charge is -2.17. The van der Waals surface area contributed by atoms with Crippen LogP contribution in [0.3, 0.4) is 0 Å². The van der Waals surface area contributed by atoms with Gasteiger partial charge in [0, 0.05) is 0 Å². The van der Waals surface area contributed by atoms with Crippen LogP contribution >= 0.6 is 7.82 Å². The van der Waals surface area contributed by atoms with Gasteiger partial charge in [0.15, 0.2) is 0 Å². The van der Waals surface area contributed by atoms with E-state index < -0.39 is 35.8 Å². The Morgan fingerprint density at radius 2 is 1.93 bits per heavy atom. The molecule has 0 spiro atoms. The van der Waals surface area contributed by atoms with Crippen LogP contribution < -0.4 is 5.11 Å². The van der Waals surface area contributed by atoms with Crippen LogP contribution in [0.1, 0.15) is 0 Å². The molecular weight excluding hydrogens is 243 g/mol.